The molecule has 1 N–H and O–H groups in total. The van der Waals surface area contributed by atoms with Crippen LogP contribution >= 0.6 is 0 Å². The van der Waals surface area contributed by atoms with Crippen LogP contribution < -0.4 is 0 Å². The predicted octanol–water partition coefficient (Wildman–Crippen LogP) is 7.75. The average Bonchev–Trinajstić information content (AvgIpc) is 3.10. The molecule has 0 aromatic rings. The maximum absolute atomic E-state index is 11.8. The highest BCUT2D eigenvalue weighted by atomic mass is 16.5. The molecule has 0 spiro atoms. The molecular formula is C32H48O4. The van der Waals surface area contributed by atoms with E-state index in [1.165, 1.54) is 31.8 Å². The van der Waals surface area contributed by atoms with E-state index < -0.39 is 5.97 Å². The minimum Gasteiger partial charge on any atom is -0.478 e. The number of carbonyl (C=O) groups is 2. The van der Waals surface area contributed by atoms with Gasteiger partial charge in [-0.25, -0.2) is 4.79 Å². The molecule has 0 amide bonds. The molecule has 4 aliphatic carbocycles. The van der Waals surface area contributed by atoms with Crippen molar-refractivity contribution in [1.82, 2.24) is 0 Å². The monoisotopic (exact) mass is 496 g/mol. The fourth-order valence-corrected chi connectivity index (χ4v) is 9.21. The molecule has 8 atom stereocenters. The van der Waals surface area contributed by atoms with E-state index in [2.05, 4.69) is 40.7 Å². The number of hydrogen-bond donors (Lipinski definition) is 1. The maximum Gasteiger partial charge on any atom is 0.330 e. The third kappa shape index (κ3) is 4.31. The molecule has 3 fully saturated rings. The largest absolute Gasteiger partial charge is 0.478 e. The molecule has 0 bridgehead atoms. The van der Waals surface area contributed by atoms with Crippen LogP contribution in [0.2, 0.25) is 0 Å². The van der Waals surface area contributed by atoms with Crippen LogP contribution in [-0.2, 0) is 14.3 Å². The lowest BCUT2D eigenvalue weighted by Gasteiger charge is -2.58. The van der Waals surface area contributed by atoms with E-state index in [9.17, 15) is 9.59 Å². The van der Waals surface area contributed by atoms with Crippen LogP contribution in [0.1, 0.15) is 99.8 Å². The summed E-state index contributed by atoms with van der Waals surface area (Å²) in [5.74, 6) is 1.66. The summed E-state index contributed by atoms with van der Waals surface area (Å²) in [4.78, 5) is 22.9. The zero-order valence-corrected chi connectivity index (χ0v) is 23.7. The van der Waals surface area contributed by atoms with E-state index in [1.807, 2.05) is 6.08 Å². The van der Waals surface area contributed by atoms with Gasteiger partial charge in [0.25, 0.3) is 0 Å². The summed E-state index contributed by atoms with van der Waals surface area (Å²) in [5.41, 5.74) is 3.98. The highest BCUT2D eigenvalue weighted by molar-refractivity contribution is 5.85. The van der Waals surface area contributed by atoms with Crippen LogP contribution in [0, 0.1) is 45.8 Å². The molecule has 200 valence electrons. The Kier molecular flexibility index (Phi) is 7.16. The molecule has 4 aliphatic rings. The Hall–Kier alpha value is -1.84. The zero-order chi connectivity index (χ0) is 26.6. The minimum absolute atomic E-state index is 0.00120. The third-order valence-corrected chi connectivity index (χ3v) is 11.4. The van der Waals surface area contributed by atoms with Crippen molar-refractivity contribution in [2.24, 2.45) is 45.8 Å². The molecule has 0 heterocycles. The van der Waals surface area contributed by atoms with Crippen LogP contribution in [-0.4, -0.2) is 23.1 Å². The van der Waals surface area contributed by atoms with Gasteiger partial charge in [-0.2, -0.15) is 0 Å². The Morgan fingerprint density at radius 2 is 1.86 bits per heavy atom. The minimum atomic E-state index is -0.820. The highest BCUT2D eigenvalue weighted by Crippen LogP contribution is 2.70. The molecule has 1 unspecified atom stereocenters. The van der Waals surface area contributed by atoms with Gasteiger partial charge in [0.1, 0.15) is 6.10 Å². The Morgan fingerprint density at radius 1 is 1.17 bits per heavy atom. The summed E-state index contributed by atoms with van der Waals surface area (Å²) in [6.45, 7) is 20.0. The van der Waals surface area contributed by atoms with Gasteiger partial charge < -0.3 is 9.84 Å². The predicted molar refractivity (Wildman–Crippen MR) is 144 cm³/mol. The van der Waals surface area contributed by atoms with E-state index in [1.54, 1.807) is 12.5 Å². The van der Waals surface area contributed by atoms with Gasteiger partial charge in [0, 0.05) is 17.9 Å². The SMILES string of the molecule is C=C1C([C@H](C)CC/C=C(/C)C(=O)O)CC[C@@]2(C)C3=CC[C@H]4C(C)(C)[C@H](OC(C)=O)CC[C@]4(C)[C@@H]3C[C@@H]12. The van der Waals surface area contributed by atoms with Crippen molar-refractivity contribution in [3.63, 3.8) is 0 Å². The lowest BCUT2D eigenvalue weighted by molar-refractivity contribution is -0.171. The molecule has 0 aliphatic heterocycles. The molecular weight excluding hydrogens is 448 g/mol. The Bertz CT molecular complexity index is 986. The maximum atomic E-state index is 11.8. The van der Waals surface area contributed by atoms with Gasteiger partial charge in [0.05, 0.1) is 0 Å². The normalized spacial score (nSPS) is 40.4. The van der Waals surface area contributed by atoms with Crippen LogP contribution in [0.15, 0.2) is 35.5 Å². The summed E-state index contributed by atoms with van der Waals surface area (Å²) in [5, 5.41) is 9.15. The molecule has 36 heavy (non-hydrogen) atoms. The Morgan fingerprint density at radius 3 is 2.50 bits per heavy atom. The fourth-order valence-electron chi connectivity index (χ4n) is 9.21. The molecule has 0 saturated heterocycles. The van der Waals surface area contributed by atoms with Crippen LogP contribution in [0.25, 0.3) is 0 Å². The number of allylic oxidation sites excluding steroid dienone is 4. The second kappa shape index (κ2) is 9.48. The second-order valence-corrected chi connectivity index (χ2v) is 13.6. The Labute approximate surface area is 218 Å². The number of carboxylic acid groups (broad SMARTS) is 1. The number of ether oxygens (including phenoxy) is 1. The van der Waals surface area contributed by atoms with E-state index in [4.69, 9.17) is 16.4 Å². The van der Waals surface area contributed by atoms with Gasteiger partial charge >= 0.3 is 11.9 Å². The highest BCUT2D eigenvalue weighted by Gasteiger charge is 2.63. The summed E-state index contributed by atoms with van der Waals surface area (Å²) in [7, 11) is 0. The third-order valence-electron chi connectivity index (χ3n) is 11.4. The number of rotatable bonds is 6. The van der Waals surface area contributed by atoms with Crippen molar-refractivity contribution >= 4 is 11.9 Å². The van der Waals surface area contributed by atoms with Gasteiger partial charge in [-0.3, -0.25) is 4.79 Å². The average molecular weight is 497 g/mol. The lowest BCUT2D eigenvalue weighted by atomic mass is 9.47. The number of hydrogen-bond acceptors (Lipinski definition) is 3. The van der Waals surface area contributed by atoms with Gasteiger partial charge in [0.15, 0.2) is 0 Å². The van der Waals surface area contributed by atoms with E-state index in [0.717, 1.165) is 32.1 Å². The number of esters is 1. The molecule has 3 saturated carbocycles. The lowest BCUT2D eigenvalue weighted by Crippen LogP contribution is -2.55. The molecule has 4 rings (SSSR count). The fraction of sp³-hybridized carbons (Fsp3) is 0.750. The quantitative estimate of drug-likeness (QED) is 0.232. The van der Waals surface area contributed by atoms with Crippen molar-refractivity contribution in [3.8, 4) is 0 Å². The molecule has 0 aromatic carbocycles. The van der Waals surface area contributed by atoms with Crippen molar-refractivity contribution in [1.29, 1.82) is 0 Å². The summed E-state index contributed by atoms with van der Waals surface area (Å²) in [6.07, 6.45) is 13.0. The first kappa shape index (κ1) is 27.2. The number of carbonyl (C=O) groups excluding carboxylic acids is 1. The van der Waals surface area contributed by atoms with Gasteiger partial charge in [0.2, 0.25) is 0 Å². The number of fused-ring (bicyclic) bond motifs is 5. The number of aliphatic carboxylic acids is 1. The molecule has 4 nitrogen and oxygen atoms in total. The van der Waals surface area contributed by atoms with Gasteiger partial charge in [-0.05, 0) is 98.7 Å². The standard InChI is InChI=1S/C32H48O4/c1-19(10-9-11-20(2)29(34)35)23-14-16-31(7)24-12-13-27-30(5,6)28(36-22(4)33)15-17-32(27,8)26(24)18-25(31)21(23)3/h11-12,19,23,25-28H,3,9-10,13-18H2,1-2,4-8H3,(H,34,35)/b20-11-/t19-,23?,25+,26-,27+,28-,31+,32-/m1/s1. The van der Waals surface area contributed by atoms with Crippen LogP contribution in [0.5, 0.6) is 0 Å². The smallest absolute Gasteiger partial charge is 0.330 e. The van der Waals surface area contributed by atoms with Gasteiger partial charge in [-0.15, -0.1) is 0 Å². The summed E-state index contributed by atoms with van der Waals surface area (Å²) >= 11 is 0. The van der Waals surface area contributed by atoms with E-state index in [0.29, 0.717) is 35.2 Å². The summed E-state index contributed by atoms with van der Waals surface area (Å²) < 4.78 is 5.83. The van der Waals surface area contributed by atoms with Crippen molar-refractivity contribution in [3.05, 3.63) is 35.5 Å². The van der Waals surface area contributed by atoms with Crippen molar-refractivity contribution in [2.45, 2.75) is 106 Å². The first-order valence-electron chi connectivity index (χ1n) is 14.2. The second-order valence-electron chi connectivity index (χ2n) is 13.6. The van der Waals surface area contributed by atoms with Crippen LogP contribution in [0.4, 0.5) is 0 Å². The summed E-state index contributed by atoms with van der Waals surface area (Å²) in [6, 6.07) is 0. The molecule has 0 radical (unpaired) electrons. The Balaban J connectivity index is 1.53. The van der Waals surface area contributed by atoms with Gasteiger partial charge in [-0.1, -0.05) is 64.5 Å². The zero-order valence-electron chi connectivity index (χ0n) is 23.7. The number of carboxylic acids is 1. The van der Waals surface area contributed by atoms with Crippen molar-refractivity contribution in [2.75, 3.05) is 0 Å². The topological polar surface area (TPSA) is 63.6 Å². The van der Waals surface area contributed by atoms with Crippen LogP contribution in [0.3, 0.4) is 0 Å². The van der Waals surface area contributed by atoms with E-state index in [-0.39, 0.29) is 28.3 Å². The molecule has 0 aromatic heterocycles. The van der Waals surface area contributed by atoms with E-state index >= 15 is 0 Å². The molecule has 4 heteroatoms. The van der Waals surface area contributed by atoms with Crippen molar-refractivity contribution < 1.29 is 19.4 Å². The first-order valence-corrected chi connectivity index (χ1v) is 14.2. The first-order chi connectivity index (χ1) is 16.7.